The first-order chi connectivity index (χ1) is 7.58. The predicted octanol–water partition coefficient (Wildman–Crippen LogP) is 5.04. The molecule has 1 aromatic rings. The Morgan fingerprint density at radius 2 is 1.81 bits per heavy atom. The molecule has 1 aromatic carbocycles. The van der Waals surface area contributed by atoms with Crippen LogP contribution in [0.15, 0.2) is 27.1 Å². The molecule has 0 saturated carbocycles. The van der Waals surface area contributed by atoms with Crippen molar-refractivity contribution in [3.8, 4) is 0 Å². The van der Waals surface area contributed by atoms with Crippen LogP contribution in [0.1, 0.15) is 44.7 Å². The van der Waals surface area contributed by atoms with E-state index in [2.05, 4.69) is 57.8 Å². The molecule has 0 fully saturated rings. The van der Waals surface area contributed by atoms with Gasteiger partial charge in [0.05, 0.1) is 0 Å². The summed E-state index contributed by atoms with van der Waals surface area (Å²) in [5.41, 5.74) is 7.46. The van der Waals surface area contributed by atoms with Gasteiger partial charge in [0.15, 0.2) is 0 Å². The fraction of sp³-hybridized carbons (Fsp3) is 0.538. The Kier molecular flexibility index (Phi) is 6.01. The average molecular weight is 349 g/mol. The van der Waals surface area contributed by atoms with Gasteiger partial charge in [0.25, 0.3) is 0 Å². The van der Waals surface area contributed by atoms with Gasteiger partial charge < -0.3 is 5.73 Å². The lowest BCUT2D eigenvalue weighted by molar-refractivity contribution is 0.414. The van der Waals surface area contributed by atoms with Crippen molar-refractivity contribution in [2.45, 2.75) is 39.2 Å². The third-order valence-corrected chi connectivity index (χ3v) is 4.28. The van der Waals surface area contributed by atoms with Gasteiger partial charge in [-0.15, -0.1) is 0 Å². The van der Waals surface area contributed by atoms with Crippen LogP contribution < -0.4 is 5.73 Å². The third kappa shape index (κ3) is 3.86. The molecule has 0 spiro atoms. The van der Waals surface area contributed by atoms with Crippen molar-refractivity contribution in [3.63, 3.8) is 0 Å². The summed E-state index contributed by atoms with van der Waals surface area (Å²) >= 11 is 7.02. The van der Waals surface area contributed by atoms with Gasteiger partial charge in [-0.1, -0.05) is 64.6 Å². The molecule has 0 radical (unpaired) electrons. The van der Waals surface area contributed by atoms with Gasteiger partial charge >= 0.3 is 0 Å². The molecule has 90 valence electrons. The standard InChI is InChI=1S/C13H19Br2N/c1-3-9(4-2)7-13(16)11-6-5-10(14)8-12(11)15/h5-6,8-9,13H,3-4,7,16H2,1-2H3. The van der Waals surface area contributed by atoms with Gasteiger partial charge in [-0.05, 0) is 30.0 Å². The van der Waals surface area contributed by atoms with E-state index in [0.29, 0.717) is 0 Å². The minimum absolute atomic E-state index is 0.132. The predicted molar refractivity (Wildman–Crippen MR) is 77.5 cm³/mol. The van der Waals surface area contributed by atoms with Gasteiger partial charge in [0.1, 0.15) is 0 Å². The normalized spacial score (nSPS) is 13.1. The van der Waals surface area contributed by atoms with E-state index in [1.165, 1.54) is 18.4 Å². The van der Waals surface area contributed by atoms with Crippen molar-refractivity contribution in [1.29, 1.82) is 0 Å². The van der Waals surface area contributed by atoms with Crippen LogP contribution in [-0.2, 0) is 0 Å². The van der Waals surface area contributed by atoms with Gasteiger partial charge in [0, 0.05) is 15.0 Å². The van der Waals surface area contributed by atoms with Crippen molar-refractivity contribution in [2.24, 2.45) is 11.7 Å². The molecule has 0 heterocycles. The van der Waals surface area contributed by atoms with Crippen LogP contribution in [0, 0.1) is 5.92 Å². The van der Waals surface area contributed by atoms with Crippen LogP contribution in [0.2, 0.25) is 0 Å². The SMILES string of the molecule is CCC(CC)CC(N)c1ccc(Br)cc1Br. The Labute approximate surface area is 115 Å². The first-order valence-corrected chi connectivity index (χ1v) is 7.37. The molecule has 2 N–H and O–H groups in total. The highest BCUT2D eigenvalue weighted by Crippen LogP contribution is 2.30. The Balaban J connectivity index is 2.76. The van der Waals surface area contributed by atoms with Crippen molar-refractivity contribution in [1.82, 2.24) is 0 Å². The fourth-order valence-electron chi connectivity index (χ4n) is 1.91. The quantitative estimate of drug-likeness (QED) is 0.792. The lowest BCUT2D eigenvalue weighted by atomic mass is 9.92. The lowest BCUT2D eigenvalue weighted by Crippen LogP contribution is -2.15. The maximum Gasteiger partial charge on any atom is 0.0308 e. The Morgan fingerprint density at radius 1 is 1.19 bits per heavy atom. The minimum Gasteiger partial charge on any atom is -0.324 e. The summed E-state index contributed by atoms with van der Waals surface area (Å²) in [6, 6.07) is 6.34. The highest BCUT2D eigenvalue weighted by atomic mass is 79.9. The molecule has 1 unspecified atom stereocenters. The van der Waals surface area contributed by atoms with Gasteiger partial charge in [0.2, 0.25) is 0 Å². The number of hydrogen-bond acceptors (Lipinski definition) is 1. The molecular formula is C13H19Br2N. The molecule has 0 amide bonds. The molecule has 0 aromatic heterocycles. The molecule has 0 bridgehead atoms. The van der Waals surface area contributed by atoms with Crippen molar-refractivity contribution < 1.29 is 0 Å². The summed E-state index contributed by atoms with van der Waals surface area (Å²) in [6.07, 6.45) is 3.48. The maximum absolute atomic E-state index is 6.25. The molecule has 0 aliphatic carbocycles. The highest BCUT2D eigenvalue weighted by Gasteiger charge is 2.14. The van der Waals surface area contributed by atoms with Crippen LogP contribution in [-0.4, -0.2) is 0 Å². The number of hydrogen-bond donors (Lipinski definition) is 1. The maximum atomic E-state index is 6.25. The van der Waals surface area contributed by atoms with Crippen LogP contribution in [0.4, 0.5) is 0 Å². The Bertz CT molecular complexity index is 335. The topological polar surface area (TPSA) is 26.0 Å². The van der Waals surface area contributed by atoms with Crippen LogP contribution >= 0.6 is 31.9 Å². The lowest BCUT2D eigenvalue weighted by Gasteiger charge is -2.19. The first kappa shape index (κ1) is 14.2. The van der Waals surface area contributed by atoms with E-state index in [4.69, 9.17) is 5.73 Å². The molecular weight excluding hydrogens is 330 g/mol. The van der Waals surface area contributed by atoms with Crippen molar-refractivity contribution in [3.05, 3.63) is 32.7 Å². The summed E-state index contributed by atoms with van der Waals surface area (Å²) in [6.45, 7) is 4.47. The molecule has 0 saturated heterocycles. The van der Waals surface area contributed by atoms with E-state index in [9.17, 15) is 0 Å². The zero-order valence-corrected chi connectivity index (χ0v) is 13.0. The smallest absolute Gasteiger partial charge is 0.0308 e. The van der Waals surface area contributed by atoms with E-state index in [1.807, 2.05) is 6.07 Å². The van der Waals surface area contributed by atoms with Crippen LogP contribution in [0.5, 0.6) is 0 Å². The summed E-state index contributed by atoms with van der Waals surface area (Å²) in [4.78, 5) is 0. The molecule has 3 heteroatoms. The number of halogens is 2. The zero-order valence-electron chi connectivity index (χ0n) is 9.84. The summed E-state index contributed by atoms with van der Waals surface area (Å²) in [5, 5.41) is 0. The van der Waals surface area contributed by atoms with E-state index < -0.39 is 0 Å². The third-order valence-electron chi connectivity index (χ3n) is 3.10. The molecule has 0 aliphatic heterocycles. The summed E-state index contributed by atoms with van der Waals surface area (Å²) < 4.78 is 2.18. The number of benzene rings is 1. The van der Waals surface area contributed by atoms with Gasteiger partial charge in [-0.3, -0.25) is 0 Å². The highest BCUT2D eigenvalue weighted by molar-refractivity contribution is 9.11. The summed E-state index contributed by atoms with van der Waals surface area (Å²) in [5.74, 6) is 0.727. The van der Waals surface area contributed by atoms with E-state index >= 15 is 0 Å². The second kappa shape index (κ2) is 6.77. The molecule has 1 rings (SSSR count). The van der Waals surface area contributed by atoms with Crippen molar-refractivity contribution >= 4 is 31.9 Å². The van der Waals surface area contributed by atoms with Crippen molar-refractivity contribution in [2.75, 3.05) is 0 Å². The van der Waals surface area contributed by atoms with E-state index in [0.717, 1.165) is 21.3 Å². The van der Waals surface area contributed by atoms with E-state index in [1.54, 1.807) is 0 Å². The number of rotatable bonds is 5. The van der Waals surface area contributed by atoms with E-state index in [-0.39, 0.29) is 6.04 Å². The molecule has 1 nitrogen and oxygen atoms in total. The average Bonchev–Trinajstić information content (AvgIpc) is 2.25. The molecule has 1 atom stereocenters. The van der Waals surface area contributed by atoms with Crippen LogP contribution in [0.25, 0.3) is 0 Å². The largest absolute Gasteiger partial charge is 0.324 e. The van der Waals surface area contributed by atoms with Crippen LogP contribution in [0.3, 0.4) is 0 Å². The molecule has 0 aliphatic rings. The molecule has 16 heavy (non-hydrogen) atoms. The zero-order chi connectivity index (χ0) is 12.1. The Morgan fingerprint density at radius 3 is 2.31 bits per heavy atom. The monoisotopic (exact) mass is 347 g/mol. The fourth-order valence-corrected chi connectivity index (χ4v) is 3.25. The number of nitrogens with two attached hydrogens (primary N) is 1. The second-order valence-electron chi connectivity index (χ2n) is 4.19. The Hall–Kier alpha value is 0.140. The van der Waals surface area contributed by atoms with Gasteiger partial charge in [-0.25, -0.2) is 0 Å². The van der Waals surface area contributed by atoms with Gasteiger partial charge in [-0.2, -0.15) is 0 Å². The minimum atomic E-state index is 0.132. The summed E-state index contributed by atoms with van der Waals surface area (Å²) in [7, 11) is 0. The first-order valence-electron chi connectivity index (χ1n) is 5.79. The second-order valence-corrected chi connectivity index (χ2v) is 5.96.